The number of aromatic nitrogens is 2. The lowest BCUT2D eigenvalue weighted by atomic mass is 10.1. The van der Waals surface area contributed by atoms with E-state index in [4.69, 9.17) is 0 Å². The van der Waals surface area contributed by atoms with Crippen molar-refractivity contribution in [3.05, 3.63) is 77.6 Å². The van der Waals surface area contributed by atoms with E-state index in [0.717, 1.165) is 24.3 Å². The summed E-state index contributed by atoms with van der Waals surface area (Å²) in [6.07, 6.45) is 1.63. The summed E-state index contributed by atoms with van der Waals surface area (Å²) >= 11 is 0. The van der Waals surface area contributed by atoms with Crippen molar-refractivity contribution >= 4 is 23.2 Å². The fourth-order valence-corrected chi connectivity index (χ4v) is 3.51. The zero-order valence-corrected chi connectivity index (χ0v) is 16.8. The summed E-state index contributed by atoms with van der Waals surface area (Å²) in [5, 5.41) is 3.24. The SMILES string of the molecule is Cc1cccc(Nc2nccc(C(=O)N3CCN(c4ccccc4)CC3)n2)c1C. The summed E-state index contributed by atoms with van der Waals surface area (Å²) < 4.78 is 0. The van der Waals surface area contributed by atoms with E-state index in [0.29, 0.717) is 24.7 Å². The van der Waals surface area contributed by atoms with Gasteiger partial charge < -0.3 is 15.1 Å². The van der Waals surface area contributed by atoms with Gasteiger partial charge in [0.1, 0.15) is 5.69 Å². The van der Waals surface area contributed by atoms with E-state index >= 15 is 0 Å². The smallest absolute Gasteiger partial charge is 0.272 e. The molecule has 1 aliphatic rings. The fraction of sp³-hybridized carbons (Fsp3) is 0.261. The Morgan fingerprint density at radius 2 is 1.69 bits per heavy atom. The van der Waals surface area contributed by atoms with Crippen LogP contribution in [-0.2, 0) is 0 Å². The average Bonchev–Trinajstić information content (AvgIpc) is 2.77. The quantitative estimate of drug-likeness (QED) is 0.738. The number of nitrogens with one attached hydrogen (secondary N) is 1. The Hall–Kier alpha value is -3.41. The van der Waals surface area contributed by atoms with Crippen LogP contribution >= 0.6 is 0 Å². The van der Waals surface area contributed by atoms with E-state index in [-0.39, 0.29) is 5.91 Å². The Morgan fingerprint density at radius 1 is 0.931 bits per heavy atom. The second-order valence-electron chi connectivity index (χ2n) is 7.25. The molecule has 0 radical (unpaired) electrons. The van der Waals surface area contributed by atoms with Gasteiger partial charge in [0.15, 0.2) is 0 Å². The Kier molecular flexibility index (Phi) is 5.42. The van der Waals surface area contributed by atoms with Crippen molar-refractivity contribution in [1.29, 1.82) is 0 Å². The van der Waals surface area contributed by atoms with Gasteiger partial charge in [0.2, 0.25) is 5.95 Å². The summed E-state index contributed by atoms with van der Waals surface area (Å²) in [5.41, 5.74) is 4.90. The van der Waals surface area contributed by atoms with Crippen LogP contribution in [0.4, 0.5) is 17.3 Å². The molecule has 0 aliphatic carbocycles. The highest BCUT2D eigenvalue weighted by atomic mass is 16.2. The molecule has 0 bridgehead atoms. The first-order valence-electron chi connectivity index (χ1n) is 9.87. The average molecular weight is 387 g/mol. The maximum Gasteiger partial charge on any atom is 0.272 e. The number of hydrogen-bond acceptors (Lipinski definition) is 5. The van der Waals surface area contributed by atoms with Gasteiger partial charge in [-0.15, -0.1) is 0 Å². The van der Waals surface area contributed by atoms with E-state index in [2.05, 4.69) is 52.2 Å². The van der Waals surface area contributed by atoms with Crippen molar-refractivity contribution in [2.75, 3.05) is 36.4 Å². The molecule has 1 N–H and O–H groups in total. The number of hydrogen-bond donors (Lipinski definition) is 1. The van der Waals surface area contributed by atoms with Crippen molar-refractivity contribution < 1.29 is 4.79 Å². The molecule has 1 saturated heterocycles. The van der Waals surface area contributed by atoms with Gasteiger partial charge in [-0.25, -0.2) is 9.97 Å². The molecule has 0 saturated carbocycles. The minimum Gasteiger partial charge on any atom is -0.368 e. The van der Waals surface area contributed by atoms with E-state index in [1.165, 1.54) is 11.3 Å². The molecular weight excluding hydrogens is 362 g/mol. The number of anilines is 3. The number of piperazine rings is 1. The standard InChI is InChI=1S/C23H25N5O/c1-17-7-6-10-20(18(17)2)25-23-24-12-11-21(26-23)22(29)28-15-13-27(14-16-28)19-8-4-3-5-9-19/h3-12H,13-16H2,1-2H3,(H,24,25,26). The molecule has 6 nitrogen and oxygen atoms in total. The zero-order valence-electron chi connectivity index (χ0n) is 16.8. The van der Waals surface area contributed by atoms with Crippen LogP contribution in [0.5, 0.6) is 0 Å². The fourth-order valence-electron chi connectivity index (χ4n) is 3.51. The number of para-hydroxylation sites is 1. The maximum atomic E-state index is 13.0. The number of nitrogens with zero attached hydrogens (tertiary/aromatic N) is 4. The number of rotatable bonds is 4. The Balaban J connectivity index is 1.43. The van der Waals surface area contributed by atoms with Gasteiger partial charge in [-0.3, -0.25) is 4.79 Å². The number of carbonyl (C=O) groups excluding carboxylic acids is 1. The van der Waals surface area contributed by atoms with E-state index < -0.39 is 0 Å². The molecule has 1 amide bonds. The van der Waals surface area contributed by atoms with Crippen LogP contribution in [0.2, 0.25) is 0 Å². The van der Waals surface area contributed by atoms with Gasteiger partial charge in [0, 0.05) is 43.8 Å². The van der Waals surface area contributed by atoms with Crippen LogP contribution in [-0.4, -0.2) is 47.0 Å². The van der Waals surface area contributed by atoms with E-state index in [1.807, 2.05) is 35.2 Å². The van der Waals surface area contributed by atoms with Crippen molar-refractivity contribution in [2.45, 2.75) is 13.8 Å². The zero-order chi connectivity index (χ0) is 20.2. The van der Waals surface area contributed by atoms with Crippen LogP contribution in [0, 0.1) is 13.8 Å². The maximum absolute atomic E-state index is 13.0. The van der Waals surface area contributed by atoms with Gasteiger partial charge >= 0.3 is 0 Å². The molecule has 3 aromatic rings. The van der Waals surface area contributed by atoms with Gasteiger partial charge in [0.05, 0.1) is 0 Å². The predicted octanol–water partition coefficient (Wildman–Crippen LogP) is 3.80. The van der Waals surface area contributed by atoms with Crippen molar-refractivity contribution in [2.24, 2.45) is 0 Å². The summed E-state index contributed by atoms with van der Waals surface area (Å²) in [6, 6.07) is 18.0. The predicted molar refractivity (Wildman–Crippen MR) is 116 cm³/mol. The minimum atomic E-state index is -0.0517. The number of aryl methyl sites for hydroxylation is 1. The van der Waals surface area contributed by atoms with E-state index in [1.54, 1.807) is 12.3 Å². The first-order valence-corrected chi connectivity index (χ1v) is 9.87. The molecule has 1 aliphatic heterocycles. The second-order valence-corrected chi connectivity index (χ2v) is 7.25. The molecule has 2 heterocycles. The summed E-state index contributed by atoms with van der Waals surface area (Å²) in [7, 11) is 0. The summed E-state index contributed by atoms with van der Waals surface area (Å²) in [6.45, 7) is 7.10. The van der Waals surface area contributed by atoms with Crippen molar-refractivity contribution in [3.63, 3.8) is 0 Å². The lowest BCUT2D eigenvalue weighted by Crippen LogP contribution is -2.49. The molecule has 4 rings (SSSR count). The van der Waals surface area contributed by atoms with Gasteiger partial charge in [0.25, 0.3) is 5.91 Å². The molecule has 6 heteroatoms. The van der Waals surface area contributed by atoms with E-state index in [9.17, 15) is 4.79 Å². The van der Waals surface area contributed by atoms with Crippen LogP contribution in [0.1, 0.15) is 21.6 Å². The molecule has 2 aromatic carbocycles. The first kappa shape index (κ1) is 18.9. The molecular formula is C23H25N5O. The highest BCUT2D eigenvalue weighted by Crippen LogP contribution is 2.21. The second kappa shape index (κ2) is 8.31. The lowest BCUT2D eigenvalue weighted by molar-refractivity contribution is 0.0741. The van der Waals surface area contributed by atoms with Crippen molar-refractivity contribution in [3.8, 4) is 0 Å². The third-order valence-corrected chi connectivity index (χ3v) is 5.41. The van der Waals surface area contributed by atoms with Gasteiger partial charge in [-0.1, -0.05) is 30.3 Å². The van der Waals surface area contributed by atoms with Gasteiger partial charge in [-0.2, -0.15) is 0 Å². The first-order chi connectivity index (χ1) is 14.1. The topological polar surface area (TPSA) is 61.4 Å². The molecule has 29 heavy (non-hydrogen) atoms. The third kappa shape index (κ3) is 4.21. The normalized spacial score (nSPS) is 14.0. The summed E-state index contributed by atoms with van der Waals surface area (Å²) in [4.78, 5) is 25.9. The molecule has 0 unspecified atom stereocenters. The van der Waals surface area contributed by atoms with Crippen LogP contribution < -0.4 is 10.2 Å². The highest BCUT2D eigenvalue weighted by molar-refractivity contribution is 5.92. The van der Waals surface area contributed by atoms with Gasteiger partial charge in [-0.05, 0) is 49.2 Å². The van der Waals surface area contributed by atoms with Crippen LogP contribution in [0.25, 0.3) is 0 Å². The number of carbonyl (C=O) groups is 1. The Bertz CT molecular complexity index is 997. The number of benzene rings is 2. The molecule has 1 aromatic heterocycles. The molecule has 148 valence electrons. The van der Waals surface area contributed by atoms with Crippen LogP contribution in [0.3, 0.4) is 0 Å². The van der Waals surface area contributed by atoms with Crippen molar-refractivity contribution in [1.82, 2.24) is 14.9 Å². The Morgan fingerprint density at radius 3 is 2.45 bits per heavy atom. The Labute approximate surface area is 171 Å². The monoisotopic (exact) mass is 387 g/mol. The molecule has 0 spiro atoms. The number of amides is 1. The summed E-state index contributed by atoms with van der Waals surface area (Å²) in [5.74, 6) is 0.386. The molecule has 1 fully saturated rings. The third-order valence-electron chi connectivity index (χ3n) is 5.41. The highest BCUT2D eigenvalue weighted by Gasteiger charge is 2.23. The minimum absolute atomic E-state index is 0.0517. The van der Waals surface area contributed by atoms with Crippen LogP contribution in [0.15, 0.2) is 60.8 Å². The largest absolute Gasteiger partial charge is 0.368 e. The molecule has 0 atom stereocenters. The lowest BCUT2D eigenvalue weighted by Gasteiger charge is -2.36.